The second kappa shape index (κ2) is 6.33. The van der Waals surface area contributed by atoms with E-state index < -0.39 is 0 Å². The average Bonchev–Trinajstić information content (AvgIpc) is 2.75. The molecule has 2 rings (SSSR count). The highest BCUT2D eigenvalue weighted by molar-refractivity contribution is 7.09. The lowest BCUT2D eigenvalue weighted by molar-refractivity contribution is 0.0167. The van der Waals surface area contributed by atoms with Crippen LogP contribution < -0.4 is 5.73 Å². The van der Waals surface area contributed by atoms with E-state index in [1.54, 1.807) is 11.3 Å². The second-order valence-corrected chi connectivity index (χ2v) is 5.26. The first-order valence-corrected chi connectivity index (χ1v) is 7.01. The van der Waals surface area contributed by atoms with Crippen molar-refractivity contribution in [3.8, 4) is 0 Å². The number of aryl methyl sites for hydroxylation is 1. The molecule has 4 heteroatoms. The zero-order valence-electron chi connectivity index (χ0n) is 9.65. The molecule has 3 nitrogen and oxygen atoms in total. The van der Waals surface area contributed by atoms with Gasteiger partial charge in [0.15, 0.2) is 0 Å². The third-order valence-electron chi connectivity index (χ3n) is 2.91. The third kappa shape index (κ3) is 3.54. The highest BCUT2D eigenvalue weighted by Crippen LogP contribution is 2.19. The minimum atomic E-state index is 0.405. The summed E-state index contributed by atoms with van der Waals surface area (Å²) >= 11 is 1.76. The predicted molar refractivity (Wildman–Crippen MR) is 66.8 cm³/mol. The summed E-state index contributed by atoms with van der Waals surface area (Å²) in [5, 5.41) is 3.38. The van der Waals surface area contributed by atoms with Crippen molar-refractivity contribution < 1.29 is 4.74 Å². The molecule has 1 saturated heterocycles. The van der Waals surface area contributed by atoms with Crippen LogP contribution in [0.15, 0.2) is 5.38 Å². The maximum Gasteiger partial charge on any atom is 0.0954 e. The minimum Gasteiger partial charge on any atom is -0.378 e. The first kappa shape index (κ1) is 12.0. The predicted octanol–water partition coefficient (Wildman–Crippen LogP) is 2.15. The van der Waals surface area contributed by atoms with Crippen LogP contribution in [0.1, 0.15) is 36.4 Å². The number of rotatable bonds is 5. The van der Waals surface area contributed by atoms with Crippen LogP contribution in [0.4, 0.5) is 0 Å². The van der Waals surface area contributed by atoms with Gasteiger partial charge in [0.2, 0.25) is 0 Å². The quantitative estimate of drug-likeness (QED) is 0.858. The molecule has 90 valence electrons. The maximum atomic E-state index is 5.72. The third-order valence-corrected chi connectivity index (χ3v) is 3.83. The molecule has 1 aromatic rings. The van der Waals surface area contributed by atoms with Crippen molar-refractivity contribution in [3.63, 3.8) is 0 Å². The fraction of sp³-hybridized carbons (Fsp3) is 0.750. The number of ether oxygens (including phenoxy) is 1. The molecule has 0 spiro atoms. The second-order valence-electron chi connectivity index (χ2n) is 4.32. The normalized spacial score (nSPS) is 21.2. The Morgan fingerprint density at radius 1 is 1.50 bits per heavy atom. The van der Waals surface area contributed by atoms with Crippen LogP contribution in [0.3, 0.4) is 0 Å². The molecule has 0 saturated carbocycles. The maximum absolute atomic E-state index is 5.72. The van der Waals surface area contributed by atoms with E-state index in [2.05, 4.69) is 10.4 Å². The Kier molecular flexibility index (Phi) is 4.75. The molecule has 0 aromatic carbocycles. The van der Waals surface area contributed by atoms with Crippen LogP contribution in [-0.2, 0) is 17.6 Å². The molecule has 2 N–H and O–H groups in total. The molecule has 0 radical (unpaired) electrons. The van der Waals surface area contributed by atoms with Gasteiger partial charge in [0.1, 0.15) is 0 Å². The molecule has 1 fully saturated rings. The lowest BCUT2D eigenvalue weighted by atomic mass is 10.1. The van der Waals surface area contributed by atoms with Gasteiger partial charge in [-0.05, 0) is 38.6 Å². The zero-order valence-corrected chi connectivity index (χ0v) is 10.5. The molecule has 16 heavy (non-hydrogen) atoms. The van der Waals surface area contributed by atoms with Gasteiger partial charge in [-0.25, -0.2) is 4.98 Å². The highest BCUT2D eigenvalue weighted by Gasteiger charge is 2.15. The van der Waals surface area contributed by atoms with E-state index in [9.17, 15) is 0 Å². The lowest BCUT2D eigenvalue weighted by Crippen LogP contribution is -2.21. The van der Waals surface area contributed by atoms with E-state index in [1.165, 1.54) is 30.0 Å². The van der Waals surface area contributed by atoms with Gasteiger partial charge in [0.05, 0.1) is 16.8 Å². The number of thiazole rings is 1. The lowest BCUT2D eigenvalue weighted by Gasteiger charge is -2.21. The molecule has 1 unspecified atom stereocenters. The Hall–Kier alpha value is -0.450. The van der Waals surface area contributed by atoms with Gasteiger partial charge >= 0.3 is 0 Å². The summed E-state index contributed by atoms with van der Waals surface area (Å²) in [5.74, 6) is 0. The SMILES string of the molecule is NCCCc1csc(CC2CCCCO2)n1. The first-order chi connectivity index (χ1) is 7.88. The first-order valence-electron chi connectivity index (χ1n) is 6.13. The average molecular weight is 240 g/mol. The number of hydrogen-bond donors (Lipinski definition) is 1. The number of nitrogens with zero attached hydrogens (tertiary/aromatic N) is 1. The van der Waals surface area contributed by atoms with E-state index in [1.807, 2.05) is 0 Å². The van der Waals surface area contributed by atoms with Crippen molar-refractivity contribution in [2.75, 3.05) is 13.2 Å². The van der Waals surface area contributed by atoms with Crippen molar-refractivity contribution in [2.24, 2.45) is 5.73 Å². The molecular formula is C12H20N2OS. The largest absolute Gasteiger partial charge is 0.378 e. The van der Waals surface area contributed by atoms with Crippen molar-refractivity contribution in [3.05, 3.63) is 16.1 Å². The fourth-order valence-corrected chi connectivity index (χ4v) is 2.90. The summed E-state index contributed by atoms with van der Waals surface area (Å²) < 4.78 is 5.72. The van der Waals surface area contributed by atoms with E-state index in [-0.39, 0.29) is 0 Å². The van der Waals surface area contributed by atoms with Crippen LogP contribution in [0.2, 0.25) is 0 Å². The van der Waals surface area contributed by atoms with E-state index in [0.717, 1.165) is 32.4 Å². The Bertz CT molecular complexity index is 308. The summed E-state index contributed by atoms with van der Waals surface area (Å²) in [6.07, 6.45) is 7.15. The number of nitrogens with two attached hydrogens (primary N) is 1. The van der Waals surface area contributed by atoms with Gasteiger partial charge in [0, 0.05) is 18.4 Å². The Morgan fingerprint density at radius 3 is 3.19 bits per heavy atom. The van der Waals surface area contributed by atoms with Crippen molar-refractivity contribution >= 4 is 11.3 Å². The minimum absolute atomic E-state index is 0.405. The zero-order chi connectivity index (χ0) is 11.2. The Morgan fingerprint density at radius 2 is 2.44 bits per heavy atom. The van der Waals surface area contributed by atoms with Gasteiger partial charge in [-0.2, -0.15) is 0 Å². The van der Waals surface area contributed by atoms with Crippen LogP contribution in [0.5, 0.6) is 0 Å². The Labute approximate surface area is 101 Å². The van der Waals surface area contributed by atoms with Gasteiger partial charge in [-0.3, -0.25) is 0 Å². The number of aromatic nitrogens is 1. The van der Waals surface area contributed by atoms with Crippen molar-refractivity contribution in [1.29, 1.82) is 0 Å². The van der Waals surface area contributed by atoms with Gasteiger partial charge in [-0.1, -0.05) is 0 Å². The molecule has 0 bridgehead atoms. The summed E-state index contributed by atoms with van der Waals surface area (Å²) in [4.78, 5) is 4.62. The van der Waals surface area contributed by atoms with Crippen LogP contribution in [0.25, 0.3) is 0 Å². The van der Waals surface area contributed by atoms with E-state index >= 15 is 0 Å². The summed E-state index contributed by atoms with van der Waals surface area (Å²) in [6.45, 7) is 1.68. The molecule has 1 aromatic heterocycles. The molecule has 1 aliphatic rings. The van der Waals surface area contributed by atoms with Crippen molar-refractivity contribution in [1.82, 2.24) is 4.98 Å². The molecule has 2 heterocycles. The van der Waals surface area contributed by atoms with Crippen LogP contribution in [0, 0.1) is 0 Å². The van der Waals surface area contributed by atoms with Crippen molar-refractivity contribution in [2.45, 2.75) is 44.6 Å². The van der Waals surface area contributed by atoms with Gasteiger partial charge < -0.3 is 10.5 Å². The molecule has 0 amide bonds. The molecule has 0 aliphatic carbocycles. The topological polar surface area (TPSA) is 48.1 Å². The fourth-order valence-electron chi connectivity index (χ4n) is 2.00. The van der Waals surface area contributed by atoms with Crippen LogP contribution in [-0.4, -0.2) is 24.2 Å². The van der Waals surface area contributed by atoms with Crippen LogP contribution >= 0.6 is 11.3 Å². The van der Waals surface area contributed by atoms with Gasteiger partial charge in [-0.15, -0.1) is 11.3 Å². The monoisotopic (exact) mass is 240 g/mol. The summed E-state index contributed by atoms with van der Waals surface area (Å²) in [6, 6.07) is 0. The Balaban J connectivity index is 1.81. The van der Waals surface area contributed by atoms with E-state index in [4.69, 9.17) is 10.5 Å². The molecular weight excluding hydrogens is 220 g/mol. The van der Waals surface area contributed by atoms with E-state index in [0.29, 0.717) is 6.10 Å². The highest BCUT2D eigenvalue weighted by atomic mass is 32.1. The summed E-state index contributed by atoms with van der Waals surface area (Å²) in [7, 11) is 0. The molecule has 1 aliphatic heterocycles. The summed E-state index contributed by atoms with van der Waals surface area (Å²) in [5.41, 5.74) is 6.68. The number of hydrogen-bond acceptors (Lipinski definition) is 4. The molecule has 1 atom stereocenters. The smallest absolute Gasteiger partial charge is 0.0954 e. The standard InChI is InChI=1S/C12H20N2OS/c13-6-3-4-10-9-16-12(14-10)8-11-5-1-2-7-15-11/h9,11H,1-8,13H2. The van der Waals surface area contributed by atoms with Gasteiger partial charge in [0.25, 0.3) is 0 Å².